The molecule has 0 saturated heterocycles. The van der Waals surface area contributed by atoms with Gasteiger partial charge in [-0.25, -0.2) is 9.97 Å². The molecule has 1 aliphatic heterocycles. The monoisotopic (exact) mass is 422 g/mol. The highest BCUT2D eigenvalue weighted by Gasteiger charge is 2.20. The average Bonchev–Trinajstić information content (AvgIpc) is 3.47. The van der Waals surface area contributed by atoms with Crippen LogP contribution in [-0.2, 0) is 6.61 Å². The van der Waals surface area contributed by atoms with E-state index in [0.717, 1.165) is 39.9 Å². The highest BCUT2D eigenvalue weighted by Crippen LogP contribution is 2.43. The van der Waals surface area contributed by atoms with E-state index in [1.165, 1.54) is 27.1 Å². The van der Waals surface area contributed by atoms with E-state index in [1.54, 1.807) is 0 Å². The van der Waals surface area contributed by atoms with Crippen molar-refractivity contribution in [1.29, 1.82) is 0 Å². The molecule has 0 fully saturated rings. The van der Waals surface area contributed by atoms with Gasteiger partial charge in [-0.3, -0.25) is 0 Å². The smallest absolute Gasteiger partial charge is 0.128 e. The van der Waals surface area contributed by atoms with Crippen LogP contribution >= 0.6 is 0 Å². The number of aromatic nitrogens is 4. The maximum atomic E-state index is 6.28. The summed E-state index contributed by atoms with van der Waals surface area (Å²) in [5, 5.41) is 4.89. The topological polar surface area (TPSA) is 66.6 Å². The van der Waals surface area contributed by atoms with Crippen molar-refractivity contribution < 1.29 is 4.74 Å². The molecule has 160 valence electrons. The quantitative estimate of drug-likeness (QED) is 0.309. The molecule has 2 aromatic heterocycles. The number of imidazole rings is 2. The Morgan fingerprint density at radius 3 is 1.88 bits per heavy atom. The number of H-pyrrole nitrogens is 2. The lowest BCUT2D eigenvalue weighted by atomic mass is 9.92. The van der Waals surface area contributed by atoms with Crippen LogP contribution in [0.5, 0.6) is 5.75 Å². The van der Waals surface area contributed by atoms with Crippen LogP contribution in [0.2, 0.25) is 0 Å². The number of nitrogens with one attached hydrogen (secondary N) is 2. The zero-order valence-corrected chi connectivity index (χ0v) is 18.8. The van der Waals surface area contributed by atoms with Gasteiger partial charge in [0.05, 0.1) is 23.8 Å². The van der Waals surface area contributed by atoms with Crippen LogP contribution in [0.25, 0.3) is 44.1 Å². The molecule has 0 amide bonds. The van der Waals surface area contributed by atoms with E-state index >= 15 is 0 Å². The Bertz CT molecular complexity index is 1380. The fourth-order valence-electron chi connectivity index (χ4n) is 4.63. The van der Waals surface area contributed by atoms with Gasteiger partial charge in [0, 0.05) is 28.3 Å². The molecule has 3 aromatic carbocycles. The molecule has 5 nitrogen and oxygen atoms in total. The number of hydrogen-bond acceptors (Lipinski definition) is 3. The van der Waals surface area contributed by atoms with Crippen LogP contribution in [0.4, 0.5) is 0 Å². The molecule has 0 atom stereocenters. The molecule has 1 aliphatic rings. The van der Waals surface area contributed by atoms with Crippen LogP contribution < -0.4 is 4.74 Å². The Morgan fingerprint density at radius 2 is 1.31 bits per heavy atom. The van der Waals surface area contributed by atoms with Crippen molar-refractivity contribution in [3.05, 3.63) is 66.0 Å². The molecule has 6 rings (SSSR count). The van der Waals surface area contributed by atoms with Gasteiger partial charge in [-0.2, -0.15) is 0 Å². The SMILES string of the molecule is CC(C)c1ncc(-c2cc3c4c(ccc5cc(-c6cnc(C(C)C)[nH]6)cc(c54)OC3)c2)[nH]1. The van der Waals surface area contributed by atoms with Crippen LogP contribution in [0.15, 0.2) is 48.8 Å². The minimum Gasteiger partial charge on any atom is -0.488 e. The molecule has 3 heterocycles. The number of benzene rings is 3. The summed E-state index contributed by atoms with van der Waals surface area (Å²) in [6.45, 7) is 9.14. The van der Waals surface area contributed by atoms with Crippen LogP contribution in [0, 0.1) is 0 Å². The minimum absolute atomic E-state index is 0.367. The Labute approximate surface area is 186 Å². The molecule has 0 radical (unpaired) electrons. The van der Waals surface area contributed by atoms with Gasteiger partial charge in [-0.1, -0.05) is 39.8 Å². The van der Waals surface area contributed by atoms with Gasteiger partial charge >= 0.3 is 0 Å². The number of nitrogens with zero attached hydrogens (tertiary/aromatic N) is 2. The van der Waals surface area contributed by atoms with Gasteiger partial charge in [0.15, 0.2) is 0 Å². The second-order valence-electron chi connectivity index (χ2n) is 9.33. The fourth-order valence-corrected chi connectivity index (χ4v) is 4.63. The highest BCUT2D eigenvalue weighted by atomic mass is 16.5. The summed E-state index contributed by atoms with van der Waals surface area (Å²) in [6.07, 6.45) is 3.85. The minimum atomic E-state index is 0.367. The molecule has 5 aromatic rings. The van der Waals surface area contributed by atoms with E-state index < -0.39 is 0 Å². The molecule has 0 unspecified atom stereocenters. The first-order valence-electron chi connectivity index (χ1n) is 11.2. The molecule has 0 bridgehead atoms. The molecular formula is C27H26N4O. The van der Waals surface area contributed by atoms with Crippen LogP contribution in [0.1, 0.15) is 56.7 Å². The fraction of sp³-hybridized carbons (Fsp3) is 0.259. The maximum absolute atomic E-state index is 6.28. The molecule has 0 aliphatic carbocycles. The highest BCUT2D eigenvalue weighted by molar-refractivity contribution is 6.14. The summed E-state index contributed by atoms with van der Waals surface area (Å²) in [6, 6.07) is 13.3. The lowest BCUT2D eigenvalue weighted by Crippen LogP contribution is -2.04. The van der Waals surface area contributed by atoms with Gasteiger partial charge < -0.3 is 14.7 Å². The summed E-state index contributed by atoms with van der Waals surface area (Å²) < 4.78 is 6.28. The van der Waals surface area contributed by atoms with Crippen molar-refractivity contribution in [2.75, 3.05) is 0 Å². The summed E-state index contributed by atoms with van der Waals surface area (Å²) in [4.78, 5) is 16.0. The molecular weight excluding hydrogens is 396 g/mol. The van der Waals surface area contributed by atoms with Crippen molar-refractivity contribution in [2.24, 2.45) is 0 Å². The first-order valence-corrected chi connectivity index (χ1v) is 11.2. The van der Waals surface area contributed by atoms with Crippen molar-refractivity contribution in [2.45, 2.75) is 46.1 Å². The third-order valence-electron chi connectivity index (χ3n) is 6.37. The molecule has 2 N–H and O–H groups in total. The summed E-state index contributed by atoms with van der Waals surface area (Å²) in [5.74, 6) is 3.69. The standard InChI is InChI=1S/C27H26N4O/c1-14(2)26-28-11-21(30-26)18-7-16-5-6-17-8-19(22-12-29-27(31-22)15(3)4)10-23-25(17)24(16)20(9-18)13-32-23/h5-12,14-15H,13H2,1-4H3,(H,28,30)(H,29,31). The zero-order chi connectivity index (χ0) is 22.0. The zero-order valence-electron chi connectivity index (χ0n) is 18.8. The van der Waals surface area contributed by atoms with Crippen molar-refractivity contribution in [1.82, 2.24) is 19.9 Å². The third-order valence-corrected chi connectivity index (χ3v) is 6.37. The normalized spacial score (nSPS) is 13.1. The van der Waals surface area contributed by atoms with E-state index in [1.807, 2.05) is 12.4 Å². The molecule has 5 heteroatoms. The lowest BCUT2D eigenvalue weighted by molar-refractivity contribution is 0.308. The second kappa shape index (κ2) is 6.95. The number of hydrogen-bond donors (Lipinski definition) is 2. The van der Waals surface area contributed by atoms with Gasteiger partial charge in [0.25, 0.3) is 0 Å². The Kier molecular flexibility index (Phi) is 4.15. The predicted octanol–water partition coefficient (Wildman–Crippen LogP) is 6.91. The maximum Gasteiger partial charge on any atom is 0.128 e. The summed E-state index contributed by atoms with van der Waals surface area (Å²) >= 11 is 0. The Morgan fingerprint density at radius 1 is 0.750 bits per heavy atom. The molecule has 0 saturated carbocycles. The predicted molar refractivity (Wildman–Crippen MR) is 129 cm³/mol. The summed E-state index contributed by atoms with van der Waals surface area (Å²) in [5.41, 5.74) is 5.54. The van der Waals surface area contributed by atoms with Gasteiger partial charge in [-0.05, 0) is 46.0 Å². The first-order chi connectivity index (χ1) is 15.5. The van der Waals surface area contributed by atoms with Crippen LogP contribution in [-0.4, -0.2) is 19.9 Å². The number of rotatable bonds is 4. The van der Waals surface area contributed by atoms with E-state index in [4.69, 9.17) is 4.74 Å². The Hall–Kier alpha value is -3.60. The van der Waals surface area contributed by atoms with Crippen molar-refractivity contribution >= 4 is 21.5 Å². The Balaban J connectivity index is 1.51. The van der Waals surface area contributed by atoms with Crippen molar-refractivity contribution in [3.8, 4) is 28.3 Å². The molecule has 32 heavy (non-hydrogen) atoms. The van der Waals surface area contributed by atoms with E-state index in [9.17, 15) is 0 Å². The number of ether oxygens (including phenoxy) is 1. The lowest BCUT2D eigenvalue weighted by Gasteiger charge is -2.21. The van der Waals surface area contributed by atoms with Gasteiger partial charge in [0.2, 0.25) is 0 Å². The van der Waals surface area contributed by atoms with Gasteiger partial charge in [0.1, 0.15) is 24.0 Å². The second-order valence-corrected chi connectivity index (χ2v) is 9.33. The summed E-state index contributed by atoms with van der Waals surface area (Å²) in [7, 11) is 0. The van der Waals surface area contributed by atoms with E-state index in [-0.39, 0.29) is 0 Å². The van der Waals surface area contributed by atoms with E-state index in [0.29, 0.717) is 18.4 Å². The number of aromatic amines is 2. The van der Waals surface area contributed by atoms with Crippen molar-refractivity contribution in [3.63, 3.8) is 0 Å². The van der Waals surface area contributed by atoms with E-state index in [2.05, 4.69) is 84.0 Å². The average molecular weight is 423 g/mol. The molecule has 0 spiro atoms. The largest absolute Gasteiger partial charge is 0.488 e. The first kappa shape index (κ1) is 19.1. The third kappa shape index (κ3) is 2.92. The van der Waals surface area contributed by atoms with Crippen LogP contribution in [0.3, 0.4) is 0 Å². The van der Waals surface area contributed by atoms with Gasteiger partial charge in [-0.15, -0.1) is 0 Å².